The number of nitrogens with one attached hydrogen (secondary N) is 2. The quantitative estimate of drug-likeness (QED) is 0.616. The van der Waals surface area contributed by atoms with E-state index in [9.17, 15) is 4.39 Å². The molecule has 2 aromatic rings. The Hall–Kier alpha value is -2.09. The van der Waals surface area contributed by atoms with Crippen molar-refractivity contribution < 1.29 is 13.9 Å². The predicted octanol–water partition coefficient (Wildman–Crippen LogP) is 4.62. The summed E-state index contributed by atoms with van der Waals surface area (Å²) in [7, 11) is 3.26. The van der Waals surface area contributed by atoms with Gasteiger partial charge in [0.05, 0.1) is 25.3 Å². The fraction of sp³-hybridized carbons (Fsp3) is 0.381. The third-order valence-corrected chi connectivity index (χ3v) is 5.54. The number of anilines is 1. The molecule has 1 heterocycles. The lowest BCUT2D eigenvalue weighted by molar-refractivity contribution is 0.245. The normalized spacial score (nSPS) is 15.0. The fourth-order valence-electron chi connectivity index (χ4n) is 3.51. The van der Waals surface area contributed by atoms with Gasteiger partial charge in [-0.25, -0.2) is 4.39 Å². The van der Waals surface area contributed by atoms with E-state index in [0.717, 1.165) is 18.7 Å². The third kappa shape index (κ3) is 5.50. The van der Waals surface area contributed by atoms with Gasteiger partial charge in [0.25, 0.3) is 0 Å². The summed E-state index contributed by atoms with van der Waals surface area (Å²) in [5.41, 5.74) is 1.77. The number of benzene rings is 2. The maximum Gasteiger partial charge on any atom is 0.170 e. The van der Waals surface area contributed by atoms with Crippen molar-refractivity contribution in [3.63, 3.8) is 0 Å². The van der Waals surface area contributed by atoms with E-state index >= 15 is 0 Å². The maximum atomic E-state index is 13.3. The van der Waals surface area contributed by atoms with Gasteiger partial charge in [0, 0.05) is 12.2 Å². The number of hydrogen-bond donors (Lipinski definition) is 2. The lowest BCUT2D eigenvalue weighted by Crippen LogP contribution is -2.38. The lowest BCUT2D eigenvalue weighted by atomic mass is 10.0. The molecule has 3 rings (SSSR count). The van der Waals surface area contributed by atoms with Crippen LogP contribution >= 0.6 is 23.8 Å². The first-order valence-electron chi connectivity index (χ1n) is 9.47. The standard InChI is InChI=1S/C21H25ClFN3O2S/c1-27-19-8-5-14(11-20(19)28-2)18(26-9-3-4-10-26)13-24-21(29)25-15-6-7-17(23)16(22)12-15/h5-8,11-12,18H,3-4,9-10,13H2,1-2H3,(H2,24,25,29). The first-order chi connectivity index (χ1) is 14.0. The number of thiocarbonyl (C=S) groups is 1. The van der Waals surface area contributed by atoms with E-state index in [1.54, 1.807) is 20.3 Å². The highest BCUT2D eigenvalue weighted by Crippen LogP contribution is 2.33. The van der Waals surface area contributed by atoms with Crippen molar-refractivity contribution in [2.24, 2.45) is 0 Å². The van der Waals surface area contributed by atoms with E-state index in [4.69, 9.17) is 33.3 Å². The highest BCUT2D eigenvalue weighted by molar-refractivity contribution is 7.80. The van der Waals surface area contributed by atoms with Gasteiger partial charge in [0.15, 0.2) is 16.6 Å². The molecule has 1 saturated heterocycles. The summed E-state index contributed by atoms with van der Waals surface area (Å²) in [6.07, 6.45) is 2.36. The zero-order valence-corrected chi connectivity index (χ0v) is 18.1. The van der Waals surface area contributed by atoms with Gasteiger partial charge < -0.3 is 20.1 Å². The van der Waals surface area contributed by atoms with Gasteiger partial charge in [0.1, 0.15) is 5.82 Å². The van der Waals surface area contributed by atoms with Crippen molar-refractivity contribution in [3.8, 4) is 11.5 Å². The Balaban J connectivity index is 1.71. The molecule has 0 spiro atoms. The Morgan fingerprint density at radius 1 is 1.14 bits per heavy atom. The minimum Gasteiger partial charge on any atom is -0.493 e. The van der Waals surface area contributed by atoms with Crippen LogP contribution in [0.1, 0.15) is 24.4 Å². The van der Waals surface area contributed by atoms with Gasteiger partial charge in [0.2, 0.25) is 0 Å². The van der Waals surface area contributed by atoms with Crippen LogP contribution in [0.5, 0.6) is 11.5 Å². The number of likely N-dealkylation sites (tertiary alicyclic amines) is 1. The van der Waals surface area contributed by atoms with Crippen molar-refractivity contribution >= 4 is 34.6 Å². The smallest absolute Gasteiger partial charge is 0.170 e. The Kier molecular flexibility index (Phi) is 7.52. The molecule has 156 valence electrons. The zero-order chi connectivity index (χ0) is 20.8. The van der Waals surface area contributed by atoms with Crippen LogP contribution in [0.3, 0.4) is 0 Å². The van der Waals surface area contributed by atoms with E-state index < -0.39 is 5.82 Å². The highest BCUT2D eigenvalue weighted by atomic mass is 35.5. The molecule has 1 fully saturated rings. The summed E-state index contributed by atoms with van der Waals surface area (Å²) in [4.78, 5) is 2.44. The van der Waals surface area contributed by atoms with E-state index in [1.807, 2.05) is 12.1 Å². The average Bonchev–Trinajstić information content (AvgIpc) is 3.25. The molecular formula is C21H25ClFN3O2S. The van der Waals surface area contributed by atoms with Crippen molar-refractivity contribution in [3.05, 3.63) is 52.8 Å². The second-order valence-corrected chi connectivity index (χ2v) is 7.65. The molecule has 1 aliphatic heterocycles. The molecule has 2 N–H and O–H groups in total. The summed E-state index contributed by atoms with van der Waals surface area (Å²) in [6, 6.07) is 10.5. The summed E-state index contributed by atoms with van der Waals surface area (Å²) >= 11 is 11.3. The van der Waals surface area contributed by atoms with Gasteiger partial charge in [-0.05, 0) is 74.0 Å². The number of methoxy groups -OCH3 is 2. The Labute approximate surface area is 181 Å². The second-order valence-electron chi connectivity index (χ2n) is 6.84. The van der Waals surface area contributed by atoms with E-state index in [2.05, 4.69) is 21.6 Å². The summed E-state index contributed by atoms with van der Waals surface area (Å²) in [5.74, 6) is 0.948. The largest absolute Gasteiger partial charge is 0.493 e. The van der Waals surface area contributed by atoms with Crippen LogP contribution in [0.25, 0.3) is 0 Å². The SMILES string of the molecule is COc1ccc(C(CNC(=S)Nc2ccc(F)c(Cl)c2)N2CCCC2)cc1OC. The Morgan fingerprint density at radius 2 is 1.86 bits per heavy atom. The molecule has 8 heteroatoms. The molecule has 0 aliphatic carbocycles. The van der Waals surface area contributed by atoms with Crippen LogP contribution in [-0.2, 0) is 0 Å². The molecule has 1 unspecified atom stereocenters. The Bertz CT molecular complexity index is 862. The average molecular weight is 438 g/mol. The number of rotatable bonds is 7. The lowest BCUT2D eigenvalue weighted by Gasteiger charge is -2.29. The van der Waals surface area contributed by atoms with Gasteiger partial charge in [-0.3, -0.25) is 4.90 Å². The van der Waals surface area contributed by atoms with Gasteiger partial charge in [-0.15, -0.1) is 0 Å². The Morgan fingerprint density at radius 3 is 2.52 bits per heavy atom. The fourth-order valence-corrected chi connectivity index (χ4v) is 3.89. The van der Waals surface area contributed by atoms with Crippen LogP contribution in [-0.4, -0.2) is 43.9 Å². The molecule has 0 bridgehead atoms. The van der Waals surface area contributed by atoms with E-state index in [1.165, 1.54) is 25.0 Å². The van der Waals surface area contributed by atoms with Gasteiger partial charge in [-0.1, -0.05) is 17.7 Å². The van der Waals surface area contributed by atoms with E-state index in [-0.39, 0.29) is 11.1 Å². The monoisotopic (exact) mass is 437 g/mol. The molecular weight excluding hydrogens is 413 g/mol. The summed E-state index contributed by atoms with van der Waals surface area (Å²) in [5, 5.41) is 6.84. The molecule has 5 nitrogen and oxygen atoms in total. The molecule has 1 atom stereocenters. The second kappa shape index (κ2) is 10.1. The first kappa shape index (κ1) is 21.6. The highest BCUT2D eigenvalue weighted by Gasteiger charge is 2.24. The van der Waals surface area contributed by atoms with Gasteiger partial charge in [-0.2, -0.15) is 0 Å². The number of hydrogen-bond acceptors (Lipinski definition) is 4. The van der Waals surface area contributed by atoms with E-state index in [0.29, 0.717) is 28.8 Å². The third-order valence-electron chi connectivity index (χ3n) is 5.01. The van der Waals surface area contributed by atoms with Crippen molar-refractivity contribution in [1.29, 1.82) is 0 Å². The molecule has 1 aliphatic rings. The topological polar surface area (TPSA) is 45.8 Å². The van der Waals surface area contributed by atoms with Crippen LogP contribution in [0, 0.1) is 5.82 Å². The van der Waals surface area contributed by atoms with Gasteiger partial charge >= 0.3 is 0 Å². The number of nitrogens with zero attached hydrogens (tertiary/aromatic N) is 1. The molecule has 0 saturated carbocycles. The van der Waals surface area contributed by atoms with Crippen molar-refractivity contribution in [2.75, 3.05) is 39.2 Å². The van der Waals surface area contributed by atoms with Crippen LogP contribution < -0.4 is 20.1 Å². The van der Waals surface area contributed by atoms with Crippen LogP contribution in [0.4, 0.5) is 10.1 Å². The molecule has 2 aromatic carbocycles. The molecule has 29 heavy (non-hydrogen) atoms. The van der Waals surface area contributed by atoms with Crippen LogP contribution in [0.15, 0.2) is 36.4 Å². The molecule has 0 amide bonds. The molecule has 0 aromatic heterocycles. The maximum absolute atomic E-state index is 13.3. The number of ether oxygens (including phenoxy) is 2. The minimum absolute atomic E-state index is 0.0538. The summed E-state index contributed by atoms with van der Waals surface area (Å²) < 4.78 is 24.2. The predicted molar refractivity (Wildman–Crippen MR) is 119 cm³/mol. The first-order valence-corrected chi connectivity index (χ1v) is 10.3. The van der Waals surface area contributed by atoms with Crippen molar-refractivity contribution in [1.82, 2.24) is 10.2 Å². The molecule has 0 radical (unpaired) electrons. The zero-order valence-electron chi connectivity index (χ0n) is 16.5. The summed E-state index contributed by atoms with van der Waals surface area (Å²) in [6.45, 7) is 2.69. The van der Waals surface area contributed by atoms with Crippen molar-refractivity contribution in [2.45, 2.75) is 18.9 Å². The number of halogens is 2. The minimum atomic E-state index is -0.460. The van der Waals surface area contributed by atoms with Crippen LogP contribution in [0.2, 0.25) is 5.02 Å².